The topological polar surface area (TPSA) is 26.3 Å². The van der Waals surface area contributed by atoms with Crippen LogP contribution in [0.1, 0.15) is 15.9 Å². The highest BCUT2D eigenvalue weighted by Gasteiger charge is 2.16. The van der Waals surface area contributed by atoms with Gasteiger partial charge in [-0.2, -0.15) is 0 Å². The van der Waals surface area contributed by atoms with Crippen LogP contribution in [-0.2, 0) is 0 Å². The first-order valence-electron chi connectivity index (χ1n) is 6.03. The van der Waals surface area contributed by atoms with E-state index in [1.165, 1.54) is 19.2 Å². The van der Waals surface area contributed by atoms with Crippen LogP contribution in [0.5, 0.6) is 5.75 Å². The molecule has 0 saturated carbocycles. The molecule has 0 saturated heterocycles. The van der Waals surface area contributed by atoms with Gasteiger partial charge in [0.25, 0.3) is 0 Å². The molecule has 2 aromatic carbocycles. The molecule has 0 atom stereocenters. The highest BCUT2D eigenvalue weighted by atomic mass is 35.5. The van der Waals surface area contributed by atoms with E-state index >= 15 is 0 Å². The Morgan fingerprint density at radius 1 is 1.10 bits per heavy atom. The van der Waals surface area contributed by atoms with Gasteiger partial charge in [0, 0.05) is 17.2 Å². The van der Waals surface area contributed by atoms with Crippen molar-refractivity contribution in [2.75, 3.05) is 7.11 Å². The number of ether oxygens (including phenoxy) is 1. The Bertz CT molecular complexity index is 697. The fraction of sp³-hybridized carbons (Fsp3) is 0.0625. The standard InChI is InChI=1S/C16H11Cl2FO2/c1-21-14-8-7-11(15(17)16(14)18)13(20)9-12(19)10-5-3-2-4-6-10/h2-9H,1H3. The molecule has 0 aromatic heterocycles. The lowest BCUT2D eigenvalue weighted by molar-refractivity contribution is 0.104. The van der Waals surface area contributed by atoms with Crippen LogP contribution in [0.4, 0.5) is 4.39 Å². The van der Waals surface area contributed by atoms with E-state index in [4.69, 9.17) is 27.9 Å². The molecular weight excluding hydrogens is 314 g/mol. The van der Waals surface area contributed by atoms with Crippen LogP contribution in [0, 0.1) is 0 Å². The quantitative estimate of drug-likeness (QED) is 0.571. The fourth-order valence-corrected chi connectivity index (χ4v) is 2.24. The molecule has 0 fully saturated rings. The van der Waals surface area contributed by atoms with Gasteiger partial charge in [-0.1, -0.05) is 53.5 Å². The number of hydrogen-bond donors (Lipinski definition) is 0. The Morgan fingerprint density at radius 3 is 2.38 bits per heavy atom. The van der Waals surface area contributed by atoms with E-state index in [-0.39, 0.29) is 15.6 Å². The Labute approximate surface area is 131 Å². The lowest BCUT2D eigenvalue weighted by Crippen LogP contribution is -1.98. The van der Waals surface area contributed by atoms with Gasteiger partial charge in [-0.3, -0.25) is 4.79 Å². The molecule has 0 amide bonds. The molecule has 0 N–H and O–H groups in total. The molecular formula is C16H11Cl2FO2. The Morgan fingerprint density at radius 2 is 1.76 bits per heavy atom. The summed E-state index contributed by atoms with van der Waals surface area (Å²) in [5, 5.41) is 0.164. The number of ketones is 1. The van der Waals surface area contributed by atoms with E-state index < -0.39 is 11.6 Å². The summed E-state index contributed by atoms with van der Waals surface area (Å²) >= 11 is 12.0. The van der Waals surface area contributed by atoms with Gasteiger partial charge in [0.15, 0.2) is 5.78 Å². The minimum Gasteiger partial charge on any atom is -0.495 e. The minimum atomic E-state index is -0.636. The van der Waals surface area contributed by atoms with Crippen LogP contribution in [0.2, 0.25) is 10.0 Å². The first kappa shape index (κ1) is 15.5. The lowest BCUT2D eigenvalue weighted by Gasteiger charge is -2.07. The summed E-state index contributed by atoms with van der Waals surface area (Å²) in [6, 6.07) is 11.2. The van der Waals surface area contributed by atoms with Crippen LogP contribution >= 0.6 is 23.2 Å². The van der Waals surface area contributed by atoms with Crippen LogP contribution < -0.4 is 4.74 Å². The normalized spacial score (nSPS) is 11.3. The number of benzene rings is 2. The van der Waals surface area contributed by atoms with Crippen molar-refractivity contribution in [3.05, 3.63) is 69.7 Å². The summed E-state index contributed by atoms with van der Waals surface area (Å²) in [6.07, 6.45) is 0.888. The second kappa shape index (κ2) is 6.74. The Balaban J connectivity index is 2.35. The van der Waals surface area contributed by atoms with Crippen molar-refractivity contribution in [2.24, 2.45) is 0 Å². The largest absolute Gasteiger partial charge is 0.495 e. The minimum absolute atomic E-state index is 0.0399. The molecule has 108 valence electrons. The third kappa shape index (κ3) is 3.43. The number of carbonyl (C=O) groups is 1. The molecule has 0 aliphatic carbocycles. The first-order valence-corrected chi connectivity index (χ1v) is 6.79. The van der Waals surface area contributed by atoms with E-state index in [1.54, 1.807) is 30.3 Å². The van der Waals surface area contributed by atoms with Gasteiger partial charge in [0.2, 0.25) is 0 Å². The number of hydrogen-bond acceptors (Lipinski definition) is 2. The van der Waals surface area contributed by atoms with Crippen molar-refractivity contribution < 1.29 is 13.9 Å². The SMILES string of the molecule is COc1ccc(C(=O)C=C(F)c2ccccc2)c(Cl)c1Cl. The van der Waals surface area contributed by atoms with Crippen molar-refractivity contribution >= 4 is 34.8 Å². The van der Waals surface area contributed by atoms with Gasteiger partial charge < -0.3 is 4.74 Å². The van der Waals surface area contributed by atoms with Crippen LogP contribution in [0.3, 0.4) is 0 Å². The molecule has 0 heterocycles. The molecule has 2 rings (SSSR count). The van der Waals surface area contributed by atoms with Crippen molar-refractivity contribution in [1.82, 2.24) is 0 Å². The van der Waals surface area contributed by atoms with Gasteiger partial charge >= 0.3 is 0 Å². The molecule has 0 aliphatic rings. The van der Waals surface area contributed by atoms with Crippen molar-refractivity contribution in [3.8, 4) is 5.75 Å². The highest BCUT2D eigenvalue weighted by Crippen LogP contribution is 2.35. The number of rotatable bonds is 4. The Hall–Kier alpha value is -1.84. The van der Waals surface area contributed by atoms with Gasteiger partial charge in [0.05, 0.1) is 12.1 Å². The zero-order chi connectivity index (χ0) is 15.4. The third-order valence-corrected chi connectivity index (χ3v) is 3.70. The van der Waals surface area contributed by atoms with Crippen LogP contribution in [-0.4, -0.2) is 12.9 Å². The molecule has 0 bridgehead atoms. The van der Waals surface area contributed by atoms with E-state index in [1.807, 2.05) is 0 Å². The molecule has 2 nitrogen and oxygen atoms in total. The summed E-state index contributed by atoms with van der Waals surface area (Å²) in [6.45, 7) is 0. The summed E-state index contributed by atoms with van der Waals surface area (Å²) in [5.74, 6) is -0.847. The number of allylic oxidation sites excluding steroid dienone is 1. The maximum Gasteiger partial charge on any atom is 0.190 e. The molecule has 0 spiro atoms. The average Bonchev–Trinajstić information content (AvgIpc) is 2.50. The molecule has 21 heavy (non-hydrogen) atoms. The molecule has 0 unspecified atom stereocenters. The highest BCUT2D eigenvalue weighted by molar-refractivity contribution is 6.45. The van der Waals surface area contributed by atoms with E-state index in [9.17, 15) is 9.18 Å². The number of methoxy groups -OCH3 is 1. The molecule has 0 aliphatic heterocycles. The second-order valence-electron chi connectivity index (χ2n) is 4.17. The monoisotopic (exact) mass is 324 g/mol. The van der Waals surface area contributed by atoms with Crippen molar-refractivity contribution in [2.45, 2.75) is 0 Å². The molecule has 2 aromatic rings. The fourth-order valence-electron chi connectivity index (χ4n) is 1.75. The third-order valence-electron chi connectivity index (χ3n) is 2.84. The predicted molar refractivity (Wildman–Crippen MR) is 82.9 cm³/mol. The number of carbonyl (C=O) groups excluding carboxylic acids is 1. The average molecular weight is 325 g/mol. The number of halogens is 3. The van der Waals surface area contributed by atoms with Crippen LogP contribution in [0.15, 0.2) is 48.5 Å². The lowest BCUT2D eigenvalue weighted by atomic mass is 10.1. The van der Waals surface area contributed by atoms with Gasteiger partial charge in [-0.25, -0.2) is 4.39 Å². The molecule has 0 radical (unpaired) electrons. The predicted octanol–water partition coefficient (Wildman–Crippen LogP) is 5.20. The maximum absolute atomic E-state index is 14.0. The van der Waals surface area contributed by atoms with Gasteiger partial charge in [0.1, 0.15) is 16.6 Å². The summed E-state index contributed by atoms with van der Waals surface area (Å²) in [7, 11) is 1.44. The smallest absolute Gasteiger partial charge is 0.190 e. The van der Waals surface area contributed by atoms with Crippen molar-refractivity contribution in [1.29, 1.82) is 0 Å². The molecule has 5 heteroatoms. The summed E-state index contributed by atoms with van der Waals surface area (Å²) in [5.41, 5.74) is 0.440. The van der Waals surface area contributed by atoms with E-state index in [0.29, 0.717) is 11.3 Å². The zero-order valence-corrected chi connectivity index (χ0v) is 12.6. The van der Waals surface area contributed by atoms with Gasteiger partial charge in [-0.05, 0) is 12.1 Å². The van der Waals surface area contributed by atoms with E-state index in [0.717, 1.165) is 6.08 Å². The summed E-state index contributed by atoms with van der Waals surface area (Å²) in [4.78, 5) is 12.1. The zero-order valence-electron chi connectivity index (χ0n) is 11.1. The maximum atomic E-state index is 14.0. The second-order valence-corrected chi connectivity index (χ2v) is 4.92. The van der Waals surface area contributed by atoms with Crippen LogP contribution in [0.25, 0.3) is 5.83 Å². The van der Waals surface area contributed by atoms with Crippen molar-refractivity contribution in [3.63, 3.8) is 0 Å². The van der Waals surface area contributed by atoms with Gasteiger partial charge in [-0.15, -0.1) is 0 Å². The van der Waals surface area contributed by atoms with E-state index in [2.05, 4.69) is 0 Å². The first-order chi connectivity index (χ1) is 10.0. The Kier molecular flexibility index (Phi) is 4.99. The summed E-state index contributed by atoms with van der Waals surface area (Å²) < 4.78 is 19.0.